The van der Waals surface area contributed by atoms with E-state index in [2.05, 4.69) is 104 Å². The SMILES string of the molecule is CC1(C)c2cc(-c3cccc4c3sc3c(-c5cccc(-c6nc(-c7ccccc7)nc(-c7ccccc7)n6)c5)cccc34)ccc2-c2ccc3ocnc3c21. The molecule has 7 aromatic carbocycles. The molecule has 3 aromatic heterocycles. The molecule has 55 heavy (non-hydrogen) atoms. The third kappa shape index (κ3) is 4.99. The van der Waals surface area contributed by atoms with Gasteiger partial charge >= 0.3 is 0 Å². The Kier molecular flexibility index (Phi) is 7.00. The molecule has 0 unspecified atom stereocenters. The standard InChI is InChI=1S/C49H32N4OS/c1-49(2)40-27-32(22-23-36(40)37-24-25-41-43(42(37)49)50-28-54-41)35-19-11-21-39-38-20-10-18-34(44(38)55-45(35)39)31-16-9-17-33(26-31)48-52-46(29-12-5-3-6-13-29)51-47(53-48)30-14-7-4-8-15-30/h3-28H,1-2H3. The Morgan fingerprint density at radius 3 is 1.67 bits per heavy atom. The summed E-state index contributed by atoms with van der Waals surface area (Å²) in [6.07, 6.45) is 1.55. The third-order valence-corrected chi connectivity index (χ3v) is 12.4. The zero-order valence-corrected chi connectivity index (χ0v) is 30.9. The summed E-state index contributed by atoms with van der Waals surface area (Å²) < 4.78 is 8.24. The van der Waals surface area contributed by atoms with E-state index in [0.717, 1.165) is 33.4 Å². The maximum atomic E-state index is 5.70. The van der Waals surface area contributed by atoms with E-state index in [1.54, 1.807) is 6.39 Å². The Bertz CT molecular complexity index is 3070. The van der Waals surface area contributed by atoms with Gasteiger partial charge < -0.3 is 4.42 Å². The van der Waals surface area contributed by atoms with E-state index in [9.17, 15) is 0 Å². The maximum absolute atomic E-state index is 5.70. The Balaban J connectivity index is 1.03. The van der Waals surface area contributed by atoms with E-state index >= 15 is 0 Å². The van der Waals surface area contributed by atoms with Crippen molar-refractivity contribution in [1.82, 2.24) is 19.9 Å². The quantitative estimate of drug-likeness (QED) is 0.177. The van der Waals surface area contributed by atoms with Gasteiger partial charge in [-0.05, 0) is 62.7 Å². The monoisotopic (exact) mass is 724 g/mol. The molecule has 0 bridgehead atoms. The van der Waals surface area contributed by atoms with E-state index in [4.69, 9.17) is 19.4 Å². The van der Waals surface area contributed by atoms with Crippen molar-refractivity contribution in [3.63, 3.8) is 0 Å². The lowest BCUT2D eigenvalue weighted by atomic mass is 9.81. The van der Waals surface area contributed by atoms with Gasteiger partial charge in [0.2, 0.25) is 0 Å². The predicted octanol–water partition coefficient (Wildman–Crippen LogP) is 13.0. The lowest BCUT2D eigenvalue weighted by molar-refractivity contribution is 0.602. The van der Waals surface area contributed by atoms with E-state index in [1.165, 1.54) is 59.1 Å². The van der Waals surface area contributed by atoms with Crippen molar-refractivity contribution >= 4 is 42.6 Å². The summed E-state index contributed by atoms with van der Waals surface area (Å²) in [6, 6.07) is 53.4. The number of hydrogen-bond acceptors (Lipinski definition) is 6. The number of oxazole rings is 1. The van der Waals surface area contributed by atoms with Crippen LogP contribution in [-0.4, -0.2) is 19.9 Å². The molecule has 0 atom stereocenters. The summed E-state index contributed by atoms with van der Waals surface area (Å²) in [5.74, 6) is 1.95. The van der Waals surface area contributed by atoms with Gasteiger partial charge in [-0.25, -0.2) is 19.9 Å². The molecule has 11 rings (SSSR count). The van der Waals surface area contributed by atoms with Gasteiger partial charge in [-0.15, -0.1) is 11.3 Å². The lowest BCUT2D eigenvalue weighted by Gasteiger charge is -2.22. The molecular formula is C49H32N4OS. The number of hydrogen-bond donors (Lipinski definition) is 0. The summed E-state index contributed by atoms with van der Waals surface area (Å²) in [7, 11) is 0. The van der Waals surface area contributed by atoms with Gasteiger partial charge in [0.15, 0.2) is 29.4 Å². The fourth-order valence-electron chi connectivity index (χ4n) is 8.43. The zero-order chi connectivity index (χ0) is 36.7. The molecule has 260 valence electrons. The summed E-state index contributed by atoms with van der Waals surface area (Å²) in [5, 5.41) is 2.52. The first-order valence-electron chi connectivity index (χ1n) is 18.5. The van der Waals surface area contributed by atoms with Crippen LogP contribution in [0.3, 0.4) is 0 Å². The highest BCUT2D eigenvalue weighted by Crippen LogP contribution is 2.53. The van der Waals surface area contributed by atoms with E-state index in [0.29, 0.717) is 17.5 Å². The van der Waals surface area contributed by atoms with Crippen LogP contribution in [0.1, 0.15) is 25.0 Å². The molecule has 0 fully saturated rings. The van der Waals surface area contributed by atoms with E-state index in [1.807, 2.05) is 78.1 Å². The average Bonchev–Trinajstić information content (AvgIpc) is 3.94. The smallest absolute Gasteiger partial charge is 0.181 e. The van der Waals surface area contributed by atoms with Gasteiger partial charge in [-0.3, -0.25) is 0 Å². The molecule has 0 aliphatic heterocycles. The molecule has 0 saturated carbocycles. The normalized spacial score (nSPS) is 13.1. The summed E-state index contributed by atoms with van der Waals surface area (Å²) in [4.78, 5) is 19.5. The first kappa shape index (κ1) is 31.7. The van der Waals surface area contributed by atoms with Crippen molar-refractivity contribution in [3.05, 3.63) is 169 Å². The van der Waals surface area contributed by atoms with Crippen molar-refractivity contribution in [2.45, 2.75) is 19.3 Å². The Hall–Kier alpha value is -6.76. The van der Waals surface area contributed by atoms with Gasteiger partial charge in [0.05, 0.1) is 0 Å². The van der Waals surface area contributed by atoms with Crippen LogP contribution in [0.5, 0.6) is 0 Å². The molecule has 1 aliphatic rings. The molecule has 0 saturated heterocycles. The van der Waals surface area contributed by atoms with Crippen LogP contribution < -0.4 is 0 Å². The summed E-state index contributed by atoms with van der Waals surface area (Å²) in [5.41, 5.74) is 14.2. The Morgan fingerprint density at radius 2 is 1.02 bits per heavy atom. The molecule has 0 amide bonds. The van der Waals surface area contributed by atoms with Gasteiger partial charge in [0, 0.05) is 42.3 Å². The Morgan fingerprint density at radius 1 is 0.473 bits per heavy atom. The average molecular weight is 725 g/mol. The second-order valence-electron chi connectivity index (χ2n) is 14.7. The molecule has 0 N–H and O–H groups in total. The van der Waals surface area contributed by atoms with Crippen LogP contribution in [0.4, 0.5) is 0 Å². The van der Waals surface area contributed by atoms with Crippen molar-refractivity contribution in [2.75, 3.05) is 0 Å². The number of rotatable bonds is 5. The highest BCUT2D eigenvalue weighted by molar-refractivity contribution is 7.26. The number of benzene rings is 7. The number of nitrogens with zero attached hydrogens (tertiary/aromatic N) is 4. The Labute approximate surface area is 321 Å². The second-order valence-corrected chi connectivity index (χ2v) is 15.7. The van der Waals surface area contributed by atoms with Crippen LogP contribution in [0.15, 0.2) is 162 Å². The molecule has 5 nitrogen and oxygen atoms in total. The molecular weight excluding hydrogens is 693 g/mol. The molecule has 0 spiro atoms. The largest absolute Gasteiger partial charge is 0.443 e. The maximum Gasteiger partial charge on any atom is 0.181 e. The highest BCUT2D eigenvalue weighted by atomic mass is 32.1. The minimum Gasteiger partial charge on any atom is -0.443 e. The molecule has 10 aromatic rings. The first-order valence-corrected chi connectivity index (χ1v) is 19.3. The predicted molar refractivity (Wildman–Crippen MR) is 225 cm³/mol. The van der Waals surface area contributed by atoms with Crippen LogP contribution in [0, 0.1) is 0 Å². The number of thiophene rings is 1. The lowest BCUT2D eigenvalue weighted by Crippen LogP contribution is -2.15. The van der Waals surface area contributed by atoms with Gasteiger partial charge in [0.25, 0.3) is 0 Å². The third-order valence-electron chi connectivity index (χ3n) is 11.1. The van der Waals surface area contributed by atoms with Crippen LogP contribution in [0.2, 0.25) is 0 Å². The van der Waals surface area contributed by atoms with Crippen LogP contribution in [-0.2, 0) is 5.41 Å². The number of fused-ring (bicyclic) bond motifs is 8. The molecule has 1 aliphatic carbocycles. The van der Waals surface area contributed by atoms with E-state index in [-0.39, 0.29) is 5.41 Å². The fraction of sp³-hybridized carbons (Fsp3) is 0.0612. The van der Waals surface area contributed by atoms with Crippen molar-refractivity contribution in [2.24, 2.45) is 0 Å². The summed E-state index contributed by atoms with van der Waals surface area (Å²) in [6.45, 7) is 4.61. The van der Waals surface area contributed by atoms with Crippen LogP contribution in [0.25, 0.3) is 98.8 Å². The van der Waals surface area contributed by atoms with Crippen molar-refractivity contribution < 1.29 is 4.42 Å². The van der Waals surface area contributed by atoms with Crippen LogP contribution >= 0.6 is 11.3 Å². The topological polar surface area (TPSA) is 64.7 Å². The molecule has 3 heterocycles. The number of aromatic nitrogens is 4. The molecule has 0 radical (unpaired) electrons. The van der Waals surface area contributed by atoms with Crippen molar-refractivity contribution in [1.29, 1.82) is 0 Å². The van der Waals surface area contributed by atoms with Gasteiger partial charge in [-0.1, -0.05) is 147 Å². The van der Waals surface area contributed by atoms with E-state index < -0.39 is 0 Å². The second kappa shape index (κ2) is 12.1. The highest BCUT2D eigenvalue weighted by Gasteiger charge is 2.38. The van der Waals surface area contributed by atoms with Crippen molar-refractivity contribution in [3.8, 4) is 67.5 Å². The zero-order valence-electron chi connectivity index (χ0n) is 30.1. The molecule has 6 heteroatoms. The summed E-state index contributed by atoms with van der Waals surface area (Å²) >= 11 is 1.87. The van der Waals surface area contributed by atoms with Gasteiger partial charge in [-0.2, -0.15) is 0 Å². The minimum absolute atomic E-state index is 0.217. The fourth-order valence-corrected chi connectivity index (χ4v) is 9.80. The minimum atomic E-state index is -0.217. The van der Waals surface area contributed by atoms with Gasteiger partial charge in [0.1, 0.15) is 5.52 Å². The first-order chi connectivity index (χ1) is 27.0.